The summed E-state index contributed by atoms with van der Waals surface area (Å²) < 4.78 is 0. The number of rotatable bonds is 1. The van der Waals surface area contributed by atoms with Crippen molar-refractivity contribution >= 4 is 17.3 Å². The maximum atomic E-state index is 11.7. The number of fused-ring (bicyclic) bond motifs is 1. The molecule has 2 rings (SSSR count). The van der Waals surface area contributed by atoms with Gasteiger partial charge in [0.15, 0.2) is 0 Å². The van der Waals surface area contributed by atoms with Crippen LogP contribution < -0.4 is 9.80 Å². The van der Waals surface area contributed by atoms with Crippen molar-refractivity contribution < 1.29 is 4.79 Å². The first-order valence-electron chi connectivity index (χ1n) is 5.23. The highest BCUT2D eigenvalue weighted by molar-refractivity contribution is 6.02. The van der Waals surface area contributed by atoms with Crippen molar-refractivity contribution in [3.05, 3.63) is 23.8 Å². The average molecular weight is 215 g/mol. The van der Waals surface area contributed by atoms with Gasteiger partial charge in [0.1, 0.15) is 0 Å². The van der Waals surface area contributed by atoms with Crippen LogP contribution in [0, 0.1) is 11.3 Å². The Hall–Kier alpha value is -2.02. The molecule has 0 N–H and O–H groups in total. The number of amides is 1. The lowest BCUT2D eigenvalue weighted by Crippen LogP contribution is -2.43. The van der Waals surface area contributed by atoms with Gasteiger partial charge in [-0.15, -0.1) is 0 Å². The Morgan fingerprint density at radius 2 is 2.19 bits per heavy atom. The van der Waals surface area contributed by atoms with E-state index in [1.54, 1.807) is 18.0 Å². The molecular weight excluding hydrogens is 202 g/mol. The summed E-state index contributed by atoms with van der Waals surface area (Å²) in [6, 6.07) is 7.52. The summed E-state index contributed by atoms with van der Waals surface area (Å²) in [6.07, 6.45) is 0. The zero-order valence-corrected chi connectivity index (χ0v) is 9.40. The van der Waals surface area contributed by atoms with Gasteiger partial charge in [-0.2, -0.15) is 5.26 Å². The van der Waals surface area contributed by atoms with Gasteiger partial charge >= 0.3 is 0 Å². The second-order valence-corrected chi connectivity index (χ2v) is 3.78. The van der Waals surface area contributed by atoms with E-state index >= 15 is 0 Å². The van der Waals surface area contributed by atoms with E-state index in [-0.39, 0.29) is 5.91 Å². The summed E-state index contributed by atoms with van der Waals surface area (Å²) in [4.78, 5) is 15.3. The van der Waals surface area contributed by atoms with Gasteiger partial charge in [-0.3, -0.25) is 4.79 Å². The van der Waals surface area contributed by atoms with E-state index in [2.05, 4.69) is 6.07 Å². The Kier molecular flexibility index (Phi) is 2.53. The third-order valence-corrected chi connectivity index (χ3v) is 2.89. The number of hydrogen-bond donors (Lipinski definition) is 0. The Bertz CT molecular complexity index is 476. The van der Waals surface area contributed by atoms with Crippen molar-refractivity contribution in [2.75, 3.05) is 29.9 Å². The molecule has 0 bridgehead atoms. The van der Waals surface area contributed by atoms with Crippen LogP contribution in [0.25, 0.3) is 0 Å². The normalized spacial score (nSPS) is 14.7. The van der Waals surface area contributed by atoms with E-state index in [0.717, 1.165) is 17.9 Å². The second kappa shape index (κ2) is 3.86. The van der Waals surface area contributed by atoms with Crippen LogP contribution in [0.5, 0.6) is 0 Å². The van der Waals surface area contributed by atoms with Crippen LogP contribution in [0.1, 0.15) is 12.5 Å². The molecule has 1 amide bonds. The smallest absolute Gasteiger partial charge is 0.246 e. The third kappa shape index (κ3) is 1.50. The molecule has 16 heavy (non-hydrogen) atoms. The molecule has 1 aliphatic rings. The van der Waals surface area contributed by atoms with E-state index in [1.807, 2.05) is 24.0 Å². The molecule has 82 valence electrons. The summed E-state index contributed by atoms with van der Waals surface area (Å²) in [5, 5.41) is 8.87. The number of nitriles is 1. The number of benzene rings is 1. The van der Waals surface area contributed by atoms with Gasteiger partial charge in [-0.05, 0) is 25.1 Å². The van der Waals surface area contributed by atoms with E-state index in [4.69, 9.17) is 5.26 Å². The van der Waals surface area contributed by atoms with Crippen molar-refractivity contribution in [3.8, 4) is 6.07 Å². The van der Waals surface area contributed by atoms with Crippen molar-refractivity contribution in [2.45, 2.75) is 6.92 Å². The lowest BCUT2D eigenvalue weighted by molar-refractivity contribution is -0.117. The lowest BCUT2D eigenvalue weighted by atomic mass is 10.1. The van der Waals surface area contributed by atoms with Crippen LogP contribution in [0.2, 0.25) is 0 Å². The van der Waals surface area contributed by atoms with Gasteiger partial charge in [0, 0.05) is 13.6 Å². The van der Waals surface area contributed by atoms with Crippen LogP contribution in [0.3, 0.4) is 0 Å². The maximum absolute atomic E-state index is 11.7. The monoisotopic (exact) mass is 215 g/mol. The quantitative estimate of drug-likeness (QED) is 0.710. The molecule has 0 aromatic heterocycles. The molecule has 4 nitrogen and oxygen atoms in total. The van der Waals surface area contributed by atoms with Crippen molar-refractivity contribution in [2.24, 2.45) is 0 Å². The van der Waals surface area contributed by atoms with E-state index in [9.17, 15) is 4.79 Å². The van der Waals surface area contributed by atoms with Gasteiger partial charge in [-0.1, -0.05) is 0 Å². The topological polar surface area (TPSA) is 47.3 Å². The zero-order valence-electron chi connectivity index (χ0n) is 9.40. The standard InChI is InChI=1S/C12H13N3O/c1-3-15-8-12(16)14(2)10-5-4-9(7-13)6-11(10)15/h4-6H,3,8H2,1-2H3. The highest BCUT2D eigenvalue weighted by atomic mass is 16.2. The highest BCUT2D eigenvalue weighted by Gasteiger charge is 2.25. The lowest BCUT2D eigenvalue weighted by Gasteiger charge is -2.34. The fourth-order valence-electron chi connectivity index (χ4n) is 1.90. The molecular formula is C12H13N3O. The second-order valence-electron chi connectivity index (χ2n) is 3.78. The summed E-state index contributed by atoms with van der Waals surface area (Å²) in [5.74, 6) is 0.0825. The fraction of sp³-hybridized carbons (Fsp3) is 0.333. The van der Waals surface area contributed by atoms with Gasteiger partial charge in [0.05, 0.1) is 29.6 Å². The number of hydrogen-bond acceptors (Lipinski definition) is 3. The number of nitrogens with zero attached hydrogens (tertiary/aromatic N) is 3. The summed E-state index contributed by atoms with van der Waals surface area (Å²) in [7, 11) is 1.76. The van der Waals surface area contributed by atoms with Crippen LogP contribution >= 0.6 is 0 Å². The molecule has 0 atom stereocenters. The first kappa shape index (κ1) is 10.5. The van der Waals surface area contributed by atoms with E-state index in [0.29, 0.717) is 12.1 Å². The Morgan fingerprint density at radius 1 is 1.44 bits per heavy atom. The highest BCUT2D eigenvalue weighted by Crippen LogP contribution is 2.33. The van der Waals surface area contributed by atoms with Gasteiger partial charge in [0.2, 0.25) is 5.91 Å². The molecule has 0 aliphatic carbocycles. The number of carbonyl (C=O) groups excluding carboxylic acids is 1. The van der Waals surface area contributed by atoms with Crippen molar-refractivity contribution in [1.29, 1.82) is 5.26 Å². The molecule has 0 spiro atoms. The van der Waals surface area contributed by atoms with Crippen LogP contribution in [-0.2, 0) is 4.79 Å². The Morgan fingerprint density at radius 3 is 2.81 bits per heavy atom. The zero-order chi connectivity index (χ0) is 11.7. The predicted octanol–water partition coefficient (Wildman–Crippen LogP) is 1.36. The van der Waals surface area contributed by atoms with Crippen LogP contribution in [0.15, 0.2) is 18.2 Å². The first-order chi connectivity index (χ1) is 7.67. The SMILES string of the molecule is CCN1CC(=O)N(C)c2ccc(C#N)cc21. The molecule has 1 aliphatic heterocycles. The molecule has 0 saturated heterocycles. The Balaban J connectivity index is 2.55. The number of carbonyl (C=O) groups is 1. The summed E-state index contributed by atoms with van der Waals surface area (Å²) in [5.41, 5.74) is 2.46. The van der Waals surface area contributed by atoms with Crippen molar-refractivity contribution in [1.82, 2.24) is 0 Å². The minimum absolute atomic E-state index is 0.0825. The maximum Gasteiger partial charge on any atom is 0.246 e. The first-order valence-corrected chi connectivity index (χ1v) is 5.23. The summed E-state index contributed by atoms with van der Waals surface area (Å²) in [6.45, 7) is 3.15. The van der Waals surface area contributed by atoms with Gasteiger partial charge in [0.25, 0.3) is 0 Å². The van der Waals surface area contributed by atoms with Crippen LogP contribution in [-0.4, -0.2) is 26.0 Å². The summed E-state index contributed by atoms with van der Waals surface area (Å²) >= 11 is 0. The third-order valence-electron chi connectivity index (χ3n) is 2.89. The van der Waals surface area contributed by atoms with Gasteiger partial charge in [-0.25, -0.2) is 0 Å². The fourth-order valence-corrected chi connectivity index (χ4v) is 1.90. The molecule has 1 aromatic rings. The number of likely N-dealkylation sites (N-methyl/N-ethyl adjacent to an activating group) is 2. The minimum Gasteiger partial charge on any atom is -0.361 e. The molecule has 0 unspecified atom stereocenters. The van der Waals surface area contributed by atoms with Gasteiger partial charge < -0.3 is 9.80 Å². The van der Waals surface area contributed by atoms with Crippen LogP contribution in [0.4, 0.5) is 11.4 Å². The van der Waals surface area contributed by atoms with E-state index in [1.165, 1.54) is 0 Å². The molecule has 4 heteroatoms. The largest absolute Gasteiger partial charge is 0.361 e. The molecule has 0 radical (unpaired) electrons. The molecule has 1 aromatic carbocycles. The molecule has 0 fully saturated rings. The van der Waals surface area contributed by atoms with E-state index < -0.39 is 0 Å². The molecule has 1 heterocycles. The average Bonchev–Trinajstić information content (AvgIpc) is 2.33. The molecule has 0 saturated carbocycles. The number of anilines is 2. The Labute approximate surface area is 94.7 Å². The van der Waals surface area contributed by atoms with Crippen molar-refractivity contribution in [3.63, 3.8) is 0 Å². The minimum atomic E-state index is 0.0825. The predicted molar refractivity (Wildman–Crippen MR) is 62.5 cm³/mol.